The molecule has 1 atom stereocenters. The van der Waals surface area contributed by atoms with Crippen molar-refractivity contribution in [2.75, 3.05) is 5.32 Å². The summed E-state index contributed by atoms with van der Waals surface area (Å²) in [5.41, 5.74) is 6.11. The Morgan fingerprint density at radius 3 is 2.58 bits per heavy atom. The highest BCUT2D eigenvalue weighted by atomic mass is 32.2. The van der Waals surface area contributed by atoms with Crippen LogP contribution in [0.15, 0.2) is 23.4 Å². The number of amides is 1. The van der Waals surface area contributed by atoms with E-state index in [1.807, 2.05) is 53.7 Å². The van der Waals surface area contributed by atoms with Gasteiger partial charge in [0.05, 0.1) is 5.25 Å². The molecule has 1 amide bonds. The largest absolute Gasteiger partial charge is 0.325 e. The minimum Gasteiger partial charge on any atom is -0.325 e. The normalized spacial score (nSPS) is 12.4. The molecule has 3 aromatic rings. The zero-order valence-corrected chi connectivity index (χ0v) is 16.7. The van der Waals surface area contributed by atoms with E-state index >= 15 is 0 Å². The van der Waals surface area contributed by atoms with Crippen LogP contribution in [0.3, 0.4) is 0 Å². The van der Waals surface area contributed by atoms with E-state index in [1.165, 1.54) is 17.3 Å². The van der Waals surface area contributed by atoms with E-state index in [9.17, 15) is 4.79 Å². The maximum Gasteiger partial charge on any atom is 0.253 e. The van der Waals surface area contributed by atoms with Crippen LogP contribution in [0.4, 0.5) is 5.69 Å². The Morgan fingerprint density at radius 1 is 1.15 bits per heavy atom. The molecule has 0 saturated carbocycles. The van der Waals surface area contributed by atoms with Crippen LogP contribution in [0.1, 0.15) is 35.0 Å². The second-order valence-corrected chi connectivity index (χ2v) is 7.89. The van der Waals surface area contributed by atoms with Gasteiger partial charge in [-0.25, -0.2) is 9.50 Å². The van der Waals surface area contributed by atoms with Crippen molar-refractivity contribution in [3.63, 3.8) is 0 Å². The molecule has 0 aliphatic rings. The van der Waals surface area contributed by atoms with Crippen LogP contribution in [0.5, 0.6) is 0 Å². The van der Waals surface area contributed by atoms with Gasteiger partial charge in [-0.05, 0) is 58.7 Å². The number of hydrogen-bond donors (Lipinski definition) is 1. The van der Waals surface area contributed by atoms with Crippen LogP contribution in [-0.2, 0) is 4.79 Å². The van der Waals surface area contributed by atoms with Crippen molar-refractivity contribution in [3.05, 3.63) is 46.3 Å². The maximum atomic E-state index is 12.5. The summed E-state index contributed by atoms with van der Waals surface area (Å²) in [6.07, 6.45) is 0. The fourth-order valence-corrected chi connectivity index (χ4v) is 3.43. The van der Waals surface area contributed by atoms with Crippen molar-refractivity contribution in [2.45, 2.75) is 51.9 Å². The van der Waals surface area contributed by atoms with Gasteiger partial charge in [-0.15, -0.1) is 5.10 Å². The summed E-state index contributed by atoms with van der Waals surface area (Å²) in [6.45, 7) is 11.9. The molecule has 136 valence electrons. The average Bonchev–Trinajstić information content (AvgIpc) is 2.97. The van der Waals surface area contributed by atoms with Gasteiger partial charge in [0.25, 0.3) is 5.78 Å². The first-order valence-electron chi connectivity index (χ1n) is 8.51. The number of fused-ring (bicyclic) bond motifs is 1. The molecule has 2 aromatic heterocycles. The summed E-state index contributed by atoms with van der Waals surface area (Å²) in [5.74, 6) is 0.493. The highest BCUT2D eigenvalue weighted by Gasteiger charge is 2.19. The molecule has 2 heterocycles. The van der Waals surface area contributed by atoms with Gasteiger partial charge in [0, 0.05) is 17.1 Å². The van der Waals surface area contributed by atoms with Crippen molar-refractivity contribution >= 4 is 29.1 Å². The van der Waals surface area contributed by atoms with Crippen LogP contribution in [0.2, 0.25) is 0 Å². The van der Waals surface area contributed by atoms with Gasteiger partial charge >= 0.3 is 0 Å². The minimum atomic E-state index is -0.324. The molecule has 7 heteroatoms. The smallest absolute Gasteiger partial charge is 0.253 e. The lowest BCUT2D eigenvalue weighted by atomic mass is 10.1. The fourth-order valence-electron chi connectivity index (χ4n) is 2.69. The monoisotopic (exact) mass is 369 g/mol. The summed E-state index contributed by atoms with van der Waals surface area (Å²) in [5, 5.41) is 7.71. The van der Waals surface area contributed by atoms with Crippen LogP contribution in [-0.4, -0.2) is 30.7 Å². The molecule has 0 aliphatic heterocycles. The standard InChI is InChI=1S/C19H23N5OS/c1-10-7-8-16(11(2)9-10)21-17(25)15(6)26-19-22-18-20-13(4)12(3)14(5)24(18)23-19/h7-9,15H,1-6H3,(H,21,25). The van der Waals surface area contributed by atoms with Crippen molar-refractivity contribution in [1.82, 2.24) is 19.6 Å². The Hall–Kier alpha value is -2.41. The zero-order chi connectivity index (χ0) is 19.0. The Balaban J connectivity index is 1.77. The molecular formula is C19H23N5OS. The van der Waals surface area contributed by atoms with Crippen LogP contribution < -0.4 is 5.32 Å². The first-order chi connectivity index (χ1) is 12.3. The maximum absolute atomic E-state index is 12.5. The second kappa shape index (κ2) is 7.07. The second-order valence-electron chi connectivity index (χ2n) is 6.58. The van der Waals surface area contributed by atoms with Gasteiger partial charge in [-0.1, -0.05) is 29.5 Å². The van der Waals surface area contributed by atoms with Crippen LogP contribution in [0.25, 0.3) is 5.78 Å². The average molecular weight is 369 g/mol. The Bertz CT molecular complexity index is 995. The lowest BCUT2D eigenvalue weighted by molar-refractivity contribution is -0.115. The number of carbonyl (C=O) groups is 1. The van der Waals surface area contributed by atoms with Gasteiger partial charge in [-0.2, -0.15) is 4.98 Å². The molecule has 1 aromatic carbocycles. The molecule has 0 saturated heterocycles. The number of aromatic nitrogens is 4. The van der Waals surface area contributed by atoms with Gasteiger partial charge in [0.1, 0.15) is 0 Å². The van der Waals surface area contributed by atoms with E-state index in [-0.39, 0.29) is 11.2 Å². The van der Waals surface area contributed by atoms with Crippen molar-refractivity contribution in [1.29, 1.82) is 0 Å². The summed E-state index contributed by atoms with van der Waals surface area (Å²) in [4.78, 5) is 21.5. The number of aryl methyl sites for hydroxylation is 4. The summed E-state index contributed by atoms with van der Waals surface area (Å²) < 4.78 is 1.74. The van der Waals surface area contributed by atoms with Gasteiger partial charge in [0.15, 0.2) is 0 Å². The van der Waals surface area contributed by atoms with E-state index < -0.39 is 0 Å². The number of nitrogens with one attached hydrogen (secondary N) is 1. The molecule has 26 heavy (non-hydrogen) atoms. The molecule has 1 unspecified atom stereocenters. The molecule has 0 bridgehead atoms. The molecule has 6 nitrogen and oxygen atoms in total. The molecule has 0 radical (unpaired) electrons. The third kappa shape index (κ3) is 3.58. The fraction of sp³-hybridized carbons (Fsp3) is 0.368. The van der Waals surface area contributed by atoms with Crippen LogP contribution >= 0.6 is 11.8 Å². The Morgan fingerprint density at radius 2 is 1.88 bits per heavy atom. The topological polar surface area (TPSA) is 72.2 Å². The zero-order valence-electron chi connectivity index (χ0n) is 15.9. The highest BCUT2D eigenvalue weighted by molar-refractivity contribution is 8.00. The number of hydrogen-bond acceptors (Lipinski definition) is 5. The molecule has 3 rings (SSSR count). The van der Waals surface area contributed by atoms with E-state index in [2.05, 4.69) is 26.4 Å². The summed E-state index contributed by atoms with van der Waals surface area (Å²) in [6, 6.07) is 5.97. The SMILES string of the molecule is Cc1ccc(NC(=O)C(C)Sc2nc3nc(C)c(C)c(C)n3n2)c(C)c1. The first-order valence-corrected chi connectivity index (χ1v) is 9.39. The van der Waals surface area contributed by atoms with Gasteiger partial charge in [0.2, 0.25) is 11.1 Å². The molecule has 1 N–H and O–H groups in total. The van der Waals surface area contributed by atoms with E-state index in [0.29, 0.717) is 10.9 Å². The van der Waals surface area contributed by atoms with E-state index in [0.717, 1.165) is 28.2 Å². The number of rotatable bonds is 4. The van der Waals surface area contributed by atoms with Gasteiger partial charge in [-0.3, -0.25) is 4.79 Å². The van der Waals surface area contributed by atoms with Crippen molar-refractivity contribution < 1.29 is 4.79 Å². The molecule has 0 aliphatic carbocycles. The lowest BCUT2D eigenvalue weighted by Gasteiger charge is -2.12. The third-order valence-corrected chi connectivity index (χ3v) is 5.48. The molecule has 0 fully saturated rings. The van der Waals surface area contributed by atoms with Crippen molar-refractivity contribution in [3.8, 4) is 0 Å². The number of thioether (sulfide) groups is 1. The molecular weight excluding hydrogens is 346 g/mol. The lowest BCUT2D eigenvalue weighted by Crippen LogP contribution is -2.23. The van der Waals surface area contributed by atoms with Crippen LogP contribution in [0, 0.1) is 34.6 Å². The number of carbonyl (C=O) groups excluding carboxylic acids is 1. The van der Waals surface area contributed by atoms with Gasteiger partial charge < -0.3 is 5.32 Å². The number of nitrogens with zero attached hydrogens (tertiary/aromatic N) is 4. The quantitative estimate of drug-likeness (QED) is 0.709. The minimum absolute atomic E-state index is 0.0714. The Kier molecular flexibility index (Phi) is 5.00. The predicted molar refractivity (Wildman–Crippen MR) is 105 cm³/mol. The van der Waals surface area contributed by atoms with Crippen molar-refractivity contribution in [2.24, 2.45) is 0 Å². The third-order valence-electron chi connectivity index (χ3n) is 4.53. The Labute approximate surface area is 157 Å². The van der Waals surface area contributed by atoms with E-state index in [4.69, 9.17) is 0 Å². The number of anilines is 1. The predicted octanol–water partition coefficient (Wildman–Crippen LogP) is 3.79. The molecule has 0 spiro atoms. The summed E-state index contributed by atoms with van der Waals surface area (Å²) >= 11 is 1.33. The van der Waals surface area contributed by atoms with E-state index in [1.54, 1.807) is 4.52 Å². The first kappa shape index (κ1) is 18.4. The summed E-state index contributed by atoms with van der Waals surface area (Å²) in [7, 11) is 0. The number of benzene rings is 1. The highest BCUT2D eigenvalue weighted by Crippen LogP contribution is 2.24.